The summed E-state index contributed by atoms with van der Waals surface area (Å²) in [6.07, 6.45) is 13.7. The van der Waals surface area contributed by atoms with Gasteiger partial charge in [0, 0.05) is 133 Å². The van der Waals surface area contributed by atoms with Crippen LogP contribution >= 0.6 is 0 Å². The monoisotopic (exact) mass is 2080 g/mol. The molecule has 18 heteroatoms. The van der Waals surface area contributed by atoms with Gasteiger partial charge >= 0.3 is 0 Å². The fourth-order valence-electron chi connectivity index (χ4n) is 12.1. The molecule has 0 spiro atoms. The standard InChI is InChI=1S/C20H20N3OSi.C20H19N2OSi.C20H18NOSi.3C12H10N.3Ir/c1-12-8-16-17-9-14(10-22-20(17)24-19(16)13(2)23-12)18-7-6-15(11-21-18)25(3,4)5;1-13-5-8-16-17-11-14(6-10-19(17)23-20(16)22-13)18-9-7-15(12-21-18)24(2,3)4;1-23(2,3)14-11-12-18(21-13-14)17-9-6-8-16-15-7-4-5-10-19(15)22-20(16)17;3*1-10-7-8-12(13-9-10)11-5-3-2-4-6-11;;;/h6-9,11H,1-5H3;5,7-12H,1-4H3;4-8,10-13H,1-3H3;3*2-5,7-9H,1H3;;;/q6*-1;;;/i;;;2*1D3;;;;. The van der Waals surface area contributed by atoms with Crippen LogP contribution in [0.15, 0.2) is 269 Å². The van der Waals surface area contributed by atoms with Crippen molar-refractivity contribution in [2.45, 2.75) is 100 Å². The molecule has 114 heavy (non-hydrogen) atoms. The van der Waals surface area contributed by atoms with Gasteiger partial charge in [0.15, 0.2) is 0 Å². The third-order valence-electron chi connectivity index (χ3n) is 18.4. The molecule has 12 aromatic heterocycles. The fraction of sp³-hybridized carbons (Fsp3) is 0.156. The van der Waals surface area contributed by atoms with E-state index in [4.69, 9.17) is 21.5 Å². The van der Waals surface area contributed by atoms with Crippen molar-refractivity contribution >= 4 is 106 Å². The molecule has 12 nitrogen and oxygen atoms in total. The summed E-state index contributed by atoms with van der Waals surface area (Å²) >= 11 is 0. The van der Waals surface area contributed by atoms with Crippen molar-refractivity contribution in [3.05, 3.63) is 326 Å². The second-order valence-corrected chi connectivity index (χ2v) is 45.2. The van der Waals surface area contributed by atoms with Crippen molar-refractivity contribution in [1.82, 2.24) is 44.9 Å². The Balaban J connectivity index is 0.000000153. The molecule has 0 aliphatic carbocycles. The Morgan fingerprint density at radius 1 is 0.325 bits per heavy atom. The maximum atomic E-state index is 7.23. The summed E-state index contributed by atoms with van der Waals surface area (Å²) in [5.74, 6) is 0. The summed E-state index contributed by atoms with van der Waals surface area (Å²) < 4.78 is 61.2. The molecule has 0 bridgehead atoms. The van der Waals surface area contributed by atoms with Crippen molar-refractivity contribution in [1.29, 1.82) is 0 Å². The molecule has 0 unspecified atom stereocenters. The summed E-state index contributed by atoms with van der Waals surface area (Å²) in [7, 11) is -4.01. The number of benzene rings is 6. The SMILES string of the molecule is C[Si](C)(C)c1ccc(-c2[c-]ccc3c2oc2ccccc23)nc1.Cc1cc2c(oc3n[c-]c(-c4ccc([Si](C)(C)C)cn4)cc32)c(C)n1.Cc1ccc(-c2[c-]cccc2)nc1.Cc1ccc2c(n1)oc1c[c-]c(-c3ccc([Si](C)(C)C)cn3)cc12.[2H]C([2H])([2H])c1ccc(-c2[c-]cccc2)nc1.[2H]C([2H])([2H])c1ccc(-c2[c-]cccc2)nc1.[Ir].[Ir].[Ir]. The van der Waals surface area contributed by atoms with Crippen molar-refractivity contribution in [2.75, 3.05) is 0 Å². The molecular formula is C96H87Ir3N9O3Si3-6. The first kappa shape index (κ1) is 77.6. The largest absolute Gasteiger partial charge is 0.501 e. The molecule has 3 radical (unpaired) electrons. The minimum atomic E-state index is -2.09. The Bertz CT molecular complexity index is 6340. The maximum absolute atomic E-state index is 7.23. The normalized spacial score (nSPS) is 12.1. The molecular weight excluding hydrogens is 1990 g/mol. The molecule has 0 aliphatic rings. The smallest absolute Gasteiger partial charge is 0.216 e. The maximum Gasteiger partial charge on any atom is 0.216 e. The van der Waals surface area contributed by atoms with Crippen LogP contribution in [0.25, 0.3) is 134 Å². The molecule has 0 amide bonds. The molecule has 0 N–H and O–H groups in total. The number of nitrogens with zero attached hydrogens (tertiary/aromatic N) is 9. The van der Waals surface area contributed by atoms with E-state index in [0.29, 0.717) is 11.4 Å². The first-order valence-corrected chi connectivity index (χ1v) is 47.1. The van der Waals surface area contributed by atoms with E-state index < -0.39 is 37.9 Å². The van der Waals surface area contributed by atoms with Crippen LogP contribution in [0.2, 0.25) is 58.9 Å². The van der Waals surface area contributed by atoms with E-state index >= 15 is 0 Å². The molecule has 18 aromatic rings. The van der Waals surface area contributed by atoms with E-state index in [0.717, 1.165) is 139 Å². The van der Waals surface area contributed by atoms with Crippen LogP contribution in [0, 0.1) is 77.9 Å². The van der Waals surface area contributed by atoms with Gasteiger partial charge in [-0.3, -0.25) is 4.98 Å². The number of fused-ring (bicyclic) bond motifs is 9. The molecule has 6 aromatic carbocycles. The zero-order chi connectivity index (χ0) is 83.0. The third-order valence-corrected chi connectivity index (χ3v) is 24.5. The van der Waals surface area contributed by atoms with Crippen LogP contribution in [-0.2, 0) is 60.3 Å². The minimum absolute atomic E-state index is 0. The zero-order valence-corrected chi connectivity index (χ0v) is 75.7. The van der Waals surface area contributed by atoms with Gasteiger partial charge in [0.2, 0.25) is 5.71 Å². The topological polar surface area (TPSA) is 155 Å². The number of aromatic nitrogens is 9. The second kappa shape index (κ2) is 38.2. The summed E-state index contributed by atoms with van der Waals surface area (Å²) in [5.41, 5.74) is 19.9. The van der Waals surface area contributed by atoms with E-state index in [9.17, 15) is 0 Å². The second-order valence-electron chi connectivity index (χ2n) is 30.0. The van der Waals surface area contributed by atoms with Crippen LogP contribution in [0.1, 0.15) is 42.0 Å². The number of hydrogen-bond acceptors (Lipinski definition) is 12. The summed E-state index contributed by atoms with van der Waals surface area (Å²) in [5, 5.41) is 10.4. The van der Waals surface area contributed by atoms with Gasteiger partial charge < -0.3 is 48.1 Å². The van der Waals surface area contributed by atoms with Crippen molar-refractivity contribution in [3.63, 3.8) is 0 Å². The fourth-order valence-corrected chi connectivity index (χ4v) is 15.3. The first-order valence-electron chi connectivity index (χ1n) is 39.6. The van der Waals surface area contributed by atoms with Crippen LogP contribution < -0.4 is 15.6 Å². The predicted molar refractivity (Wildman–Crippen MR) is 464 cm³/mol. The zero-order valence-electron chi connectivity index (χ0n) is 71.5. The van der Waals surface area contributed by atoms with Crippen molar-refractivity contribution in [3.8, 4) is 67.5 Å². The van der Waals surface area contributed by atoms with Gasteiger partial charge in [0.25, 0.3) is 0 Å². The van der Waals surface area contributed by atoms with Crippen LogP contribution in [0.5, 0.6) is 0 Å². The van der Waals surface area contributed by atoms with Gasteiger partial charge in [-0.05, 0) is 144 Å². The van der Waals surface area contributed by atoms with Crippen LogP contribution in [0.3, 0.4) is 0 Å². The summed E-state index contributed by atoms with van der Waals surface area (Å²) in [6, 6.07) is 86.3. The Morgan fingerprint density at radius 2 is 0.807 bits per heavy atom. The number of rotatable bonds is 9. The van der Waals surface area contributed by atoms with Gasteiger partial charge in [-0.2, -0.15) is 0 Å². The molecule has 0 fully saturated rings. The van der Waals surface area contributed by atoms with Gasteiger partial charge in [-0.25, -0.2) is 4.98 Å². The first-order chi connectivity index (χ1) is 55.8. The van der Waals surface area contributed by atoms with E-state index in [2.05, 4.69) is 213 Å². The van der Waals surface area contributed by atoms with E-state index in [1.54, 1.807) is 36.4 Å². The predicted octanol–water partition coefficient (Wildman–Crippen LogP) is 22.7. The average Bonchev–Trinajstić information content (AvgIpc) is 1.64. The van der Waals surface area contributed by atoms with Crippen molar-refractivity contribution < 1.29 is 81.8 Å². The molecule has 0 aliphatic heterocycles. The molecule has 12 heterocycles. The minimum Gasteiger partial charge on any atom is -0.501 e. The molecule has 579 valence electrons. The van der Waals surface area contributed by atoms with E-state index in [1.807, 2.05) is 162 Å². The Hall–Kier alpha value is -10.3. The molecule has 0 atom stereocenters. The molecule has 0 saturated carbocycles. The number of hydrogen-bond donors (Lipinski definition) is 0. The van der Waals surface area contributed by atoms with Crippen LogP contribution in [0.4, 0.5) is 0 Å². The van der Waals surface area contributed by atoms with E-state index in [1.165, 1.54) is 33.5 Å². The Morgan fingerprint density at radius 3 is 1.30 bits per heavy atom. The quantitative estimate of drug-likeness (QED) is 0.0997. The van der Waals surface area contributed by atoms with Gasteiger partial charge in [-0.15, -0.1) is 161 Å². The summed E-state index contributed by atoms with van der Waals surface area (Å²) in [6.45, 7) is 24.7. The molecule has 0 saturated heterocycles. The number of para-hydroxylation sites is 1. The Labute approximate surface area is 720 Å². The molecule has 18 rings (SSSR count). The van der Waals surface area contributed by atoms with Gasteiger partial charge in [-0.1, -0.05) is 166 Å². The van der Waals surface area contributed by atoms with Crippen molar-refractivity contribution in [2.24, 2.45) is 0 Å². The number of furan rings is 3. The average molecular weight is 2080 g/mol. The number of pyridine rings is 9. The van der Waals surface area contributed by atoms with E-state index in [-0.39, 0.29) is 71.4 Å². The summed E-state index contributed by atoms with van der Waals surface area (Å²) in [4.78, 5) is 39.9. The number of aryl methyl sites for hydroxylation is 6. The third kappa shape index (κ3) is 21.4. The van der Waals surface area contributed by atoms with Crippen LogP contribution in [-0.4, -0.2) is 69.1 Å². The van der Waals surface area contributed by atoms with Gasteiger partial charge in [0.1, 0.15) is 16.9 Å². The Kier molecular flexibility index (Phi) is 26.0. The van der Waals surface area contributed by atoms with Gasteiger partial charge in [0.05, 0.1) is 41.1 Å².